The van der Waals surface area contributed by atoms with E-state index >= 15 is 0 Å². The molecule has 0 aliphatic carbocycles. The Bertz CT molecular complexity index is 172. The van der Waals surface area contributed by atoms with Gasteiger partial charge in [0.05, 0.1) is 5.60 Å². The van der Waals surface area contributed by atoms with E-state index in [1.54, 1.807) is 6.92 Å². The Morgan fingerprint density at radius 3 is 2.71 bits per heavy atom. The molecule has 0 aliphatic heterocycles. The minimum absolute atomic E-state index is 0.0398. The third kappa shape index (κ3) is 7.15. The Labute approximate surface area is 90.8 Å². The van der Waals surface area contributed by atoms with Gasteiger partial charge in [-0.15, -0.1) is 11.6 Å². The minimum Gasteiger partial charge on any atom is -0.388 e. The molecule has 14 heavy (non-hydrogen) atoms. The van der Waals surface area contributed by atoms with Crippen molar-refractivity contribution in [2.24, 2.45) is 0 Å². The van der Waals surface area contributed by atoms with Gasteiger partial charge < -0.3 is 10.4 Å². The van der Waals surface area contributed by atoms with Crippen molar-refractivity contribution in [2.45, 2.75) is 45.1 Å². The molecule has 0 fully saturated rings. The van der Waals surface area contributed by atoms with Gasteiger partial charge in [0.1, 0.15) is 0 Å². The van der Waals surface area contributed by atoms with E-state index in [9.17, 15) is 9.90 Å². The number of alkyl halides is 1. The van der Waals surface area contributed by atoms with Crippen LogP contribution in [0, 0.1) is 0 Å². The third-order valence-corrected chi connectivity index (χ3v) is 2.26. The number of rotatable bonds is 7. The highest BCUT2D eigenvalue weighted by molar-refractivity contribution is 6.17. The van der Waals surface area contributed by atoms with Crippen LogP contribution in [0.1, 0.15) is 39.5 Å². The van der Waals surface area contributed by atoms with Crippen molar-refractivity contribution in [3.8, 4) is 0 Å². The molecular formula is C10H20ClNO2. The van der Waals surface area contributed by atoms with Gasteiger partial charge in [0, 0.05) is 18.8 Å². The van der Waals surface area contributed by atoms with Gasteiger partial charge in [-0.1, -0.05) is 13.3 Å². The molecule has 0 heterocycles. The van der Waals surface area contributed by atoms with E-state index in [1.165, 1.54) is 0 Å². The Morgan fingerprint density at radius 2 is 2.21 bits per heavy atom. The van der Waals surface area contributed by atoms with Gasteiger partial charge in [0.25, 0.3) is 0 Å². The predicted octanol–water partition coefficient (Wildman–Crippen LogP) is 1.67. The van der Waals surface area contributed by atoms with E-state index in [4.69, 9.17) is 11.6 Å². The number of hydrogen-bond donors (Lipinski definition) is 2. The molecule has 0 aromatic heterocycles. The molecule has 3 nitrogen and oxygen atoms in total. The van der Waals surface area contributed by atoms with Crippen molar-refractivity contribution >= 4 is 17.5 Å². The molecule has 0 spiro atoms. The second-order valence-corrected chi connectivity index (χ2v) is 4.19. The lowest BCUT2D eigenvalue weighted by Gasteiger charge is -2.22. The van der Waals surface area contributed by atoms with E-state index in [0.717, 1.165) is 6.42 Å². The summed E-state index contributed by atoms with van der Waals surface area (Å²) in [4.78, 5) is 11.2. The molecule has 0 bridgehead atoms. The SMILES string of the molecule is CCCC(C)(O)CNC(=O)CCCCl. The quantitative estimate of drug-likeness (QED) is 0.643. The monoisotopic (exact) mass is 221 g/mol. The van der Waals surface area contributed by atoms with Crippen LogP contribution in [0.15, 0.2) is 0 Å². The van der Waals surface area contributed by atoms with Gasteiger partial charge in [-0.05, 0) is 19.8 Å². The lowest BCUT2D eigenvalue weighted by molar-refractivity contribution is -0.122. The third-order valence-electron chi connectivity index (χ3n) is 1.99. The zero-order chi connectivity index (χ0) is 11.0. The fourth-order valence-corrected chi connectivity index (χ4v) is 1.37. The maximum Gasteiger partial charge on any atom is 0.220 e. The molecule has 0 saturated carbocycles. The summed E-state index contributed by atoms with van der Waals surface area (Å²) in [5.41, 5.74) is -0.786. The summed E-state index contributed by atoms with van der Waals surface area (Å²) in [5.74, 6) is 0.459. The molecule has 0 saturated heterocycles. The number of halogens is 1. The van der Waals surface area contributed by atoms with Gasteiger partial charge in [-0.3, -0.25) is 4.79 Å². The second kappa shape index (κ2) is 7.07. The molecule has 1 amide bonds. The number of aliphatic hydroxyl groups is 1. The van der Waals surface area contributed by atoms with Crippen LogP contribution in [0.2, 0.25) is 0 Å². The van der Waals surface area contributed by atoms with Gasteiger partial charge in [-0.25, -0.2) is 0 Å². The van der Waals surface area contributed by atoms with Gasteiger partial charge in [0.2, 0.25) is 5.91 Å². The van der Waals surface area contributed by atoms with Crippen molar-refractivity contribution < 1.29 is 9.90 Å². The first-order chi connectivity index (χ1) is 6.52. The molecule has 0 rings (SSSR count). The first-order valence-electron chi connectivity index (χ1n) is 5.07. The average molecular weight is 222 g/mol. The minimum atomic E-state index is -0.786. The molecule has 84 valence electrons. The summed E-state index contributed by atoms with van der Waals surface area (Å²) in [6.45, 7) is 4.06. The summed E-state index contributed by atoms with van der Waals surface area (Å²) < 4.78 is 0. The van der Waals surface area contributed by atoms with Crippen molar-refractivity contribution in [3.05, 3.63) is 0 Å². The van der Waals surface area contributed by atoms with Gasteiger partial charge >= 0.3 is 0 Å². The Morgan fingerprint density at radius 1 is 1.57 bits per heavy atom. The highest BCUT2D eigenvalue weighted by Crippen LogP contribution is 2.09. The first kappa shape index (κ1) is 13.7. The normalized spacial score (nSPS) is 14.9. The van der Waals surface area contributed by atoms with E-state index in [-0.39, 0.29) is 5.91 Å². The maximum absolute atomic E-state index is 11.2. The summed E-state index contributed by atoms with van der Waals surface area (Å²) in [7, 11) is 0. The van der Waals surface area contributed by atoms with E-state index < -0.39 is 5.60 Å². The van der Waals surface area contributed by atoms with Crippen LogP contribution in [0.3, 0.4) is 0 Å². The van der Waals surface area contributed by atoms with Crippen LogP contribution < -0.4 is 5.32 Å². The Kier molecular flexibility index (Phi) is 6.93. The van der Waals surface area contributed by atoms with Gasteiger partial charge in [0.15, 0.2) is 0 Å². The standard InChI is InChI=1S/C10H20ClNO2/c1-3-6-10(2,14)8-12-9(13)5-4-7-11/h14H,3-8H2,1-2H3,(H,12,13). The van der Waals surface area contributed by atoms with Crippen LogP contribution in [-0.4, -0.2) is 29.0 Å². The summed E-state index contributed by atoms with van der Waals surface area (Å²) >= 11 is 5.46. The molecule has 0 radical (unpaired) electrons. The van der Waals surface area contributed by atoms with Gasteiger partial charge in [-0.2, -0.15) is 0 Å². The zero-order valence-corrected chi connectivity index (χ0v) is 9.73. The molecule has 2 N–H and O–H groups in total. The largest absolute Gasteiger partial charge is 0.388 e. The topological polar surface area (TPSA) is 49.3 Å². The highest BCUT2D eigenvalue weighted by Gasteiger charge is 2.19. The molecule has 1 unspecified atom stereocenters. The number of carbonyl (C=O) groups excluding carboxylic acids is 1. The molecule has 0 aromatic carbocycles. The Balaban J connectivity index is 3.64. The van der Waals surface area contributed by atoms with Crippen LogP contribution in [0.25, 0.3) is 0 Å². The Hall–Kier alpha value is -0.280. The lowest BCUT2D eigenvalue weighted by atomic mass is 10.0. The number of nitrogens with one attached hydrogen (secondary N) is 1. The fraction of sp³-hybridized carbons (Fsp3) is 0.900. The molecular weight excluding hydrogens is 202 g/mol. The van der Waals surface area contributed by atoms with Crippen LogP contribution >= 0.6 is 11.6 Å². The smallest absolute Gasteiger partial charge is 0.220 e. The number of carbonyl (C=O) groups is 1. The maximum atomic E-state index is 11.2. The van der Waals surface area contributed by atoms with Crippen LogP contribution in [-0.2, 0) is 4.79 Å². The lowest BCUT2D eigenvalue weighted by Crippen LogP contribution is -2.40. The summed E-state index contributed by atoms with van der Waals surface area (Å²) in [5, 5.41) is 12.4. The molecule has 4 heteroatoms. The highest BCUT2D eigenvalue weighted by atomic mass is 35.5. The van der Waals surface area contributed by atoms with E-state index in [1.807, 2.05) is 6.92 Å². The predicted molar refractivity (Wildman–Crippen MR) is 58.5 cm³/mol. The van der Waals surface area contributed by atoms with Crippen molar-refractivity contribution in [1.29, 1.82) is 0 Å². The fourth-order valence-electron chi connectivity index (χ4n) is 1.23. The second-order valence-electron chi connectivity index (χ2n) is 3.82. The van der Waals surface area contributed by atoms with E-state index in [2.05, 4.69) is 5.32 Å². The first-order valence-corrected chi connectivity index (χ1v) is 5.60. The van der Waals surface area contributed by atoms with Crippen molar-refractivity contribution in [3.63, 3.8) is 0 Å². The zero-order valence-electron chi connectivity index (χ0n) is 8.98. The van der Waals surface area contributed by atoms with Crippen molar-refractivity contribution in [1.82, 2.24) is 5.32 Å². The summed E-state index contributed by atoms with van der Waals surface area (Å²) in [6.07, 6.45) is 2.72. The number of hydrogen-bond acceptors (Lipinski definition) is 2. The molecule has 1 atom stereocenters. The van der Waals surface area contributed by atoms with Crippen LogP contribution in [0.4, 0.5) is 0 Å². The summed E-state index contributed by atoms with van der Waals surface area (Å²) in [6, 6.07) is 0. The number of amides is 1. The van der Waals surface area contributed by atoms with E-state index in [0.29, 0.717) is 31.7 Å². The molecule has 0 aliphatic rings. The average Bonchev–Trinajstić information content (AvgIpc) is 2.11. The molecule has 0 aromatic rings. The van der Waals surface area contributed by atoms with Crippen molar-refractivity contribution in [2.75, 3.05) is 12.4 Å². The van der Waals surface area contributed by atoms with Crippen LogP contribution in [0.5, 0.6) is 0 Å².